The summed E-state index contributed by atoms with van der Waals surface area (Å²) in [5, 5.41) is 3.84. The van der Waals surface area contributed by atoms with E-state index >= 15 is 0 Å². The van der Waals surface area contributed by atoms with Crippen LogP contribution in [0.5, 0.6) is 0 Å². The predicted octanol–water partition coefficient (Wildman–Crippen LogP) is 2.91. The first-order valence-corrected chi connectivity index (χ1v) is 6.01. The number of hydrogen-bond donors (Lipinski definition) is 1. The second-order valence-electron chi connectivity index (χ2n) is 4.65. The van der Waals surface area contributed by atoms with Crippen molar-refractivity contribution in [1.82, 2.24) is 5.32 Å². The number of halogens is 1. The molecule has 0 spiro atoms. The van der Waals surface area contributed by atoms with Crippen LogP contribution in [0.1, 0.15) is 30.1 Å². The Labute approximate surface area is 101 Å². The topological polar surface area (TPSA) is 29.1 Å². The number of carbonyl (C=O) groups is 1. The number of carbonyl (C=O) groups excluding carboxylic acids is 1. The van der Waals surface area contributed by atoms with Gasteiger partial charge in [-0.1, -0.05) is 30.7 Å². The van der Waals surface area contributed by atoms with Crippen molar-refractivity contribution in [3.05, 3.63) is 34.9 Å². The highest BCUT2D eigenvalue weighted by molar-refractivity contribution is 6.34. The highest BCUT2D eigenvalue weighted by Crippen LogP contribution is 2.32. The zero-order valence-electron chi connectivity index (χ0n) is 9.42. The van der Waals surface area contributed by atoms with Crippen LogP contribution in [0.2, 0.25) is 5.02 Å². The minimum atomic E-state index is -0.302. The maximum Gasteiger partial charge on any atom is 0.171 e. The number of Topliss-reactive ketones (excluding diaryl/α,β-unsaturated/α-hetero) is 1. The van der Waals surface area contributed by atoms with E-state index in [9.17, 15) is 4.79 Å². The van der Waals surface area contributed by atoms with Crippen LogP contribution in [-0.2, 0) is 0 Å². The van der Waals surface area contributed by atoms with Crippen molar-refractivity contribution in [2.75, 3.05) is 13.1 Å². The van der Waals surface area contributed by atoms with Gasteiger partial charge in [-0.15, -0.1) is 0 Å². The molecule has 0 amide bonds. The Morgan fingerprint density at radius 2 is 2.19 bits per heavy atom. The van der Waals surface area contributed by atoms with Gasteiger partial charge in [0.15, 0.2) is 5.78 Å². The molecule has 0 saturated carbocycles. The number of rotatable bonds is 2. The van der Waals surface area contributed by atoms with Crippen LogP contribution in [-0.4, -0.2) is 18.9 Å². The average Bonchev–Trinajstić information content (AvgIpc) is 2.30. The first kappa shape index (κ1) is 11.6. The van der Waals surface area contributed by atoms with Crippen molar-refractivity contribution in [2.45, 2.75) is 19.8 Å². The Kier molecular flexibility index (Phi) is 3.31. The molecule has 1 aromatic rings. The van der Waals surface area contributed by atoms with Gasteiger partial charge in [-0.05, 0) is 31.5 Å². The van der Waals surface area contributed by atoms with Crippen molar-refractivity contribution in [3.8, 4) is 0 Å². The summed E-state index contributed by atoms with van der Waals surface area (Å²) in [6.07, 6.45) is 1.98. The third kappa shape index (κ3) is 2.13. The molecule has 1 aliphatic heterocycles. The molecular weight excluding hydrogens is 222 g/mol. The highest BCUT2D eigenvalue weighted by atomic mass is 35.5. The van der Waals surface area contributed by atoms with E-state index in [4.69, 9.17) is 11.6 Å². The van der Waals surface area contributed by atoms with Gasteiger partial charge in [0.05, 0.1) is 5.02 Å². The van der Waals surface area contributed by atoms with Crippen molar-refractivity contribution in [2.24, 2.45) is 5.41 Å². The molecule has 1 saturated heterocycles. The summed E-state index contributed by atoms with van der Waals surface area (Å²) < 4.78 is 0. The fraction of sp³-hybridized carbons (Fsp3) is 0.462. The van der Waals surface area contributed by atoms with Crippen LogP contribution < -0.4 is 5.32 Å². The van der Waals surface area contributed by atoms with E-state index in [0.717, 1.165) is 25.9 Å². The van der Waals surface area contributed by atoms with Crippen molar-refractivity contribution in [1.29, 1.82) is 0 Å². The van der Waals surface area contributed by atoms with Gasteiger partial charge in [0.25, 0.3) is 0 Å². The van der Waals surface area contributed by atoms with E-state index < -0.39 is 0 Å². The van der Waals surface area contributed by atoms with Crippen LogP contribution in [0.15, 0.2) is 24.3 Å². The van der Waals surface area contributed by atoms with Gasteiger partial charge in [0.2, 0.25) is 0 Å². The normalized spacial score (nSPS) is 25.4. The molecule has 2 rings (SSSR count). The fourth-order valence-corrected chi connectivity index (χ4v) is 2.44. The minimum absolute atomic E-state index is 0.158. The summed E-state index contributed by atoms with van der Waals surface area (Å²) in [6.45, 7) is 3.77. The van der Waals surface area contributed by atoms with Gasteiger partial charge in [-0.25, -0.2) is 0 Å². The number of ketones is 1. The Morgan fingerprint density at radius 1 is 1.44 bits per heavy atom. The first-order valence-electron chi connectivity index (χ1n) is 5.63. The molecule has 0 aromatic heterocycles. The number of piperidine rings is 1. The van der Waals surface area contributed by atoms with Gasteiger partial charge in [-0.3, -0.25) is 4.79 Å². The predicted molar refractivity (Wildman–Crippen MR) is 66.0 cm³/mol. The van der Waals surface area contributed by atoms with Gasteiger partial charge < -0.3 is 5.32 Å². The van der Waals surface area contributed by atoms with E-state index in [1.807, 2.05) is 25.1 Å². The molecule has 1 aliphatic rings. The van der Waals surface area contributed by atoms with Gasteiger partial charge in [0, 0.05) is 17.5 Å². The molecule has 0 radical (unpaired) electrons. The molecule has 0 bridgehead atoms. The lowest BCUT2D eigenvalue weighted by Crippen LogP contribution is -2.43. The molecule has 1 heterocycles. The lowest BCUT2D eigenvalue weighted by molar-refractivity contribution is 0.0773. The quantitative estimate of drug-likeness (QED) is 0.802. The van der Waals surface area contributed by atoms with Crippen LogP contribution in [0.3, 0.4) is 0 Å². The first-order chi connectivity index (χ1) is 7.63. The molecule has 0 aliphatic carbocycles. The second-order valence-corrected chi connectivity index (χ2v) is 5.06. The van der Waals surface area contributed by atoms with Crippen LogP contribution in [0.25, 0.3) is 0 Å². The number of benzene rings is 1. The van der Waals surface area contributed by atoms with E-state index in [1.165, 1.54) is 0 Å². The zero-order chi connectivity index (χ0) is 11.6. The molecule has 2 nitrogen and oxygen atoms in total. The summed E-state index contributed by atoms with van der Waals surface area (Å²) in [5.41, 5.74) is 0.346. The minimum Gasteiger partial charge on any atom is -0.316 e. The van der Waals surface area contributed by atoms with E-state index in [-0.39, 0.29) is 11.2 Å². The fourth-order valence-electron chi connectivity index (χ4n) is 2.22. The van der Waals surface area contributed by atoms with Gasteiger partial charge >= 0.3 is 0 Å². The Hall–Kier alpha value is -0.860. The summed E-state index contributed by atoms with van der Waals surface area (Å²) in [6, 6.07) is 7.29. The molecule has 1 unspecified atom stereocenters. The molecule has 1 atom stereocenters. The smallest absolute Gasteiger partial charge is 0.171 e. The van der Waals surface area contributed by atoms with E-state index in [1.54, 1.807) is 6.07 Å². The standard InChI is InChI=1S/C13H16ClNO/c1-13(7-4-8-15-9-13)12(16)10-5-2-3-6-11(10)14/h2-3,5-6,15H,4,7-9H2,1H3. The van der Waals surface area contributed by atoms with Crippen LogP contribution in [0, 0.1) is 5.41 Å². The Bertz CT molecular complexity index is 397. The molecule has 1 aromatic carbocycles. The van der Waals surface area contributed by atoms with Crippen molar-refractivity contribution in [3.63, 3.8) is 0 Å². The average molecular weight is 238 g/mol. The molecular formula is C13H16ClNO. The molecule has 16 heavy (non-hydrogen) atoms. The zero-order valence-corrected chi connectivity index (χ0v) is 10.2. The lowest BCUT2D eigenvalue weighted by atomic mass is 9.76. The van der Waals surface area contributed by atoms with Gasteiger partial charge in [-0.2, -0.15) is 0 Å². The van der Waals surface area contributed by atoms with E-state index in [0.29, 0.717) is 10.6 Å². The maximum atomic E-state index is 12.4. The largest absolute Gasteiger partial charge is 0.316 e. The second kappa shape index (κ2) is 4.56. The maximum absolute atomic E-state index is 12.4. The molecule has 86 valence electrons. The molecule has 1 N–H and O–H groups in total. The van der Waals surface area contributed by atoms with E-state index in [2.05, 4.69) is 5.32 Å². The highest BCUT2D eigenvalue weighted by Gasteiger charge is 2.35. The van der Waals surface area contributed by atoms with Crippen LogP contribution in [0.4, 0.5) is 0 Å². The summed E-state index contributed by atoms with van der Waals surface area (Å²) >= 11 is 6.06. The lowest BCUT2D eigenvalue weighted by Gasteiger charge is -2.32. The number of hydrogen-bond acceptors (Lipinski definition) is 2. The molecule has 3 heteroatoms. The van der Waals surface area contributed by atoms with Crippen LogP contribution >= 0.6 is 11.6 Å². The SMILES string of the molecule is CC1(C(=O)c2ccccc2Cl)CCCNC1. The summed E-state index contributed by atoms with van der Waals surface area (Å²) in [5.74, 6) is 0.158. The van der Waals surface area contributed by atoms with Crippen molar-refractivity contribution < 1.29 is 4.79 Å². The third-order valence-electron chi connectivity index (χ3n) is 3.26. The Balaban J connectivity index is 2.28. The monoisotopic (exact) mass is 237 g/mol. The molecule has 1 fully saturated rings. The number of nitrogens with one attached hydrogen (secondary N) is 1. The Morgan fingerprint density at radius 3 is 2.81 bits per heavy atom. The summed E-state index contributed by atoms with van der Waals surface area (Å²) in [4.78, 5) is 12.4. The summed E-state index contributed by atoms with van der Waals surface area (Å²) in [7, 11) is 0. The third-order valence-corrected chi connectivity index (χ3v) is 3.59. The van der Waals surface area contributed by atoms with Crippen molar-refractivity contribution >= 4 is 17.4 Å². The van der Waals surface area contributed by atoms with Gasteiger partial charge in [0.1, 0.15) is 0 Å².